The van der Waals surface area contributed by atoms with Gasteiger partial charge in [-0.05, 0) is 18.1 Å². The predicted octanol–water partition coefficient (Wildman–Crippen LogP) is -0.650. The first-order valence-corrected chi connectivity index (χ1v) is 10.8. The molecule has 4 atom stereocenters. The zero-order valence-corrected chi connectivity index (χ0v) is 18.8. The lowest BCUT2D eigenvalue weighted by Crippen LogP contribution is -2.58. The van der Waals surface area contributed by atoms with Gasteiger partial charge in [0, 0.05) is 12.8 Å². The van der Waals surface area contributed by atoms with Gasteiger partial charge in [-0.25, -0.2) is 0 Å². The summed E-state index contributed by atoms with van der Waals surface area (Å²) in [6.45, 7) is 0.716. The first kappa shape index (κ1) is 26.5. The van der Waals surface area contributed by atoms with Crippen molar-refractivity contribution in [3.8, 4) is 0 Å². The second-order valence-corrected chi connectivity index (χ2v) is 7.86. The Bertz CT molecular complexity index is 970. The van der Waals surface area contributed by atoms with Crippen LogP contribution in [0.1, 0.15) is 18.1 Å². The summed E-state index contributed by atoms with van der Waals surface area (Å²) in [5, 5.41) is 25.8. The summed E-state index contributed by atoms with van der Waals surface area (Å²) in [6.07, 6.45) is 0.217. The standard InChI is InChI=1S/C24H30N4O6/c1-15(24(33)34)26-22(31)19(12-16-8-4-2-5-9-16)28-23(32)20(27-21(30)18(25)14-29)13-17-10-6-3-7-11-17/h2-11,15,18-20,29H,12-14,25H2,1H3,(H,26,31)(H,27,30)(H,28,32)(H,33,34). The minimum atomic E-state index is -1.22. The van der Waals surface area contributed by atoms with Crippen LogP contribution in [-0.4, -0.2) is 64.7 Å². The molecular weight excluding hydrogens is 440 g/mol. The summed E-state index contributed by atoms with van der Waals surface area (Å²) in [6, 6.07) is 13.3. The molecule has 0 spiro atoms. The van der Waals surface area contributed by atoms with E-state index in [0.717, 1.165) is 11.1 Å². The van der Waals surface area contributed by atoms with Gasteiger partial charge in [0.05, 0.1) is 6.61 Å². The molecule has 2 aromatic rings. The molecule has 10 nitrogen and oxygen atoms in total. The van der Waals surface area contributed by atoms with Crippen LogP contribution in [0.5, 0.6) is 0 Å². The van der Waals surface area contributed by atoms with Crippen LogP contribution in [0.25, 0.3) is 0 Å². The molecule has 2 aromatic carbocycles. The smallest absolute Gasteiger partial charge is 0.325 e. The number of hydrogen-bond donors (Lipinski definition) is 6. The summed E-state index contributed by atoms with van der Waals surface area (Å²) in [7, 11) is 0. The highest BCUT2D eigenvalue weighted by molar-refractivity contribution is 5.94. The van der Waals surface area contributed by atoms with Gasteiger partial charge in [0.2, 0.25) is 17.7 Å². The Kier molecular flexibility index (Phi) is 10.2. The van der Waals surface area contributed by atoms with E-state index in [0.29, 0.717) is 0 Å². The number of hydrogen-bond acceptors (Lipinski definition) is 6. The summed E-state index contributed by atoms with van der Waals surface area (Å²) in [4.78, 5) is 49.5. The van der Waals surface area contributed by atoms with Crippen molar-refractivity contribution in [2.45, 2.75) is 43.9 Å². The van der Waals surface area contributed by atoms with E-state index >= 15 is 0 Å². The number of amides is 3. The van der Waals surface area contributed by atoms with Crippen molar-refractivity contribution in [1.29, 1.82) is 0 Å². The molecule has 0 bridgehead atoms. The molecule has 10 heteroatoms. The van der Waals surface area contributed by atoms with E-state index in [2.05, 4.69) is 16.0 Å². The molecule has 0 aliphatic carbocycles. The predicted molar refractivity (Wildman–Crippen MR) is 124 cm³/mol. The molecule has 0 saturated heterocycles. The van der Waals surface area contributed by atoms with E-state index < -0.39 is 54.5 Å². The molecule has 0 aliphatic heterocycles. The number of carboxylic acid groups (broad SMARTS) is 1. The molecule has 0 heterocycles. The van der Waals surface area contributed by atoms with Crippen molar-refractivity contribution in [3.05, 3.63) is 71.8 Å². The molecule has 2 rings (SSSR count). The lowest BCUT2D eigenvalue weighted by atomic mass is 10.0. The molecule has 0 saturated carbocycles. The fourth-order valence-corrected chi connectivity index (χ4v) is 3.13. The quantitative estimate of drug-likeness (QED) is 0.239. The van der Waals surface area contributed by atoms with E-state index in [1.165, 1.54) is 6.92 Å². The Morgan fingerprint density at radius 3 is 1.59 bits per heavy atom. The van der Waals surface area contributed by atoms with Crippen LogP contribution in [0.2, 0.25) is 0 Å². The molecule has 3 amide bonds. The number of nitrogens with two attached hydrogens (primary N) is 1. The molecule has 0 fully saturated rings. The van der Waals surface area contributed by atoms with Gasteiger partial charge in [-0.1, -0.05) is 60.7 Å². The first-order valence-electron chi connectivity index (χ1n) is 10.8. The van der Waals surface area contributed by atoms with E-state index in [1.807, 2.05) is 6.07 Å². The van der Waals surface area contributed by atoms with Gasteiger partial charge in [-0.15, -0.1) is 0 Å². The third-order valence-electron chi connectivity index (χ3n) is 5.09. The molecule has 7 N–H and O–H groups in total. The molecule has 0 aromatic heterocycles. The van der Waals surface area contributed by atoms with Gasteiger partial charge in [0.1, 0.15) is 24.2 Å². The number of nitrogens with one attached hydrogen (secondary N) is 3. The highest BCUT2D eigenvalue weighted by Gasteiger charge is 2.29. The third-order valence-corrected chi connectivity index (χ3v) is 5.09. The van der Waals surface area contributed by atoms with Crippen molar-refractivity contribution >= 4 is 23.7 Å². The summed E-state index contributed by atoms with van der Waals surface area (Å²) in [5.41, 5.74) is 7.08. The van der Waals surface area contributed by atoms with Crippen LogP contribution in [0, 0.1) is 0 Å². The van der Waals surface area contributed by atoms with Crippen molar-refractivity contribution < 1.29 is 29.4 Å². The van der Waals surface area contributed by atoms with Crippen LogP contribution >= 0.6 is 0 Å². The average molecular weight is 471 g/mol. The monoisotopic (exact) mass is 470 g/mol. The Hall–Kier alpha value is -3.76. The maximum atomic E-state index is 13.2. The Morgan fingerprint density at radius 2 is 1.18 bits per heavy atom. The van der Waals surface area contributed by atoms with Gasteiger partial charge in [-0.3, -0.25) is 19.2 Å². The number of benzene rings is 2. The molecule has 0 radical (unpaired) electrons. The lowest BCUT2D eigenvalue weighted by molar-refractivity contribution is -0.141. The number of aliphatic hydroxyl groups excluding tert-OH is 1. The van der Waals surface area contributed by atoms with Crippen LogP contribution < -0.4 is 21.7 Å². The second-order valence-electron chi connectivity index (χ2n) is 7.86. The van der Waals surface area contributed by atoms with Crippen LogP contribution in [0.3, 0.4) is 0 Å². The minimum absolute atomic E-state index is 0.104. The van der Waals surface area contributed by atoms with Crippen LogP contribution in [0.15, 0.2) is 60.7 Å². The number of aliphatic hydroxyl groups is 1. The Labute approximate surface area is 197 Å². The Morgan fingerprint density at radius 1 is 0.765 bits per heavy atom. The molecule has 182 valence electrons. The third kappa shape index (κ3) is 8.30. The fraction of sp³-hybridized carbons (Fsp3) is 0.333. The van der Waals surface area contributed by atoms with Crippen molar-refractivity contribution in [1.82, 2.24) is 16.0 Å². The van der Waals surface area contributed by atoms with Gasteiger partial charge >= 0.3 is 5.97 Å². The van der Waals surface area contributed by atoms with Gasteiger partial charge < -0.3 is 31.9 Å². The minimum Gasteiger partial charge on any atom is -0.480 e. The van der Waals surface area contributed by atoms with Crippen LogP contribution in [-0.2, 0) is 32.0 Å². The maximum Gasteiger partial charge on any atom is 0.325 e. The molecular formula is C24H30N4O6. The highest BCUT2D eigenvalue weighted by atomic mass is 16.4. The second kappa shape index (κ2) is 13.1. The first-order chi connectivity index (χ1) is 16.2. The molecule has 34 heavy (non-hydrogen) atoms. The van der Waals surface area contributed by atoms with Crippen molar-refractivity contribution in [2.24, 2.45) is 5.73 Å². The van der Waals surface area contributed by atoms with Crippen LogP contribution in [0.4, 0.5) is 0 Å². The fourth-order valence-electron chi connectivity index (χ4n) is 3.13. The van der Waals surface area contributed by atoms with Gasteiger partial charge in [0.25, 0.3) is 0 Å². The van der Waals surface area contributed by atoms with E-state index in [-0.39, 0.29) is 12.8 Å². The highest BCUT2D eigenvalue weighted by Crippen LogP contribution is 2.07. The topological polar surface area (TPSA) is 171 Å². The largest absolute Gasteiger partial charge is 0.480 e. The summed E-state index contributed by atoms with van der Waals surface area (Å²) >= 11 is 0. The maximum absolute atomic E-state index is 13.2. The number of rotatable bonds is 12. The average Bonchev–Trinajstić information content (AvgIpc) is 2.83. The lowest BCUT2D eigenvalue weighted by Gasteiger charge is -2.25. The van der Waals surface area contributed by atoms with Gasteiger partial charge in [-0.2, -0.15) is 0 Å². The zero-order chi connectivity index (χ0) is 25.1. The number of carbonyl (C=O) groups excluding carboxylic acids is 3. The SMILES string of the molecule is CC(NC(=O)C(Cc1ccccc1)NC(=O)C(Cc1ccccc1)NC(=O)C(N)CO)C(=O)O. The van der Waals surface area contributed by atoms with E-state index in [1.54, 1.807) is 54.6 Å². The van der Waals surface area contributed by atoms with Gasteiger partial charge in [0.15, 0.2) is 0 Å². The number of aliphatic carboxylic acids is 1. The number of carboxylic acids is 1. The number of carbonyl (C=O) groups is 4. The van der Waals surface area contributed by atoms with E-state index in [9.17, 15) is 24.3 Å². The molecule has 4 unspecified atom stereocenters. The normalized spacial score (nSPS) is 14.2. The van der Waals surface area contributed by atoms with Crippen molar-refractivity contribution in [2.75, 3.05) is 6.61 Å². The summed E-state index contributed by atoms with van der Waals surface area (Å²) in [5.74, 6) is -3.27. The zero-order valence-electron chi connectivity index (χ0n) is 18.8. The molecule has 0 aliphatic rings. The summed E-state index contributed by atoms with van der Waals surface area (Å²) < 4.78 is 0. The Balaban J connectivity index is 2.25. The van der Waals surface area contributed by atoms with E-state index in [4.69, 9.17) is 10.8 Å². The van der Waals surface area contributed by atoms with Crippen molar-refractivity contribution in [3.63, 3.8) is 0 Å².